The Hall–Kier alpha value is -0.470. The Labute approximate surface area is 98.3 Å². The molecule has 1 rings (SSSR count). The Bertz CT molecular complexity index is 273. The summed E-state index contributed by atoms with van der Waals surface area (Å²) in [5, 5.41) is 0. The molecule has 0 saturated heterocycles. The molecule has 1 nitrogen and oxygen atoms in total. The number of thiol groups is 1. The van der Waals surface area contributed by atoms with Crippen LogP contribution in [0, 0.1) is 0 Å². The van der Waals surface area contributed by atoms with Crippen LogP contribution in [-0.2, 0) is 11.3 Å². The largest absolute Gasteiger partial charge is 0.377 e. The first kappa shape index (κ1) is 12.6. The summed E-state index contributed by atoms with van der Waals surface area (Å²) in [5.74, 6) is 0. The summed E-state index contributed by atoms with van der Waals surface area (Å²) in [6.07, 6.45) is 5.05. The van der Waals surface area contributed by atoms with Gasteiger partial charge >= 0.3 is 0 Å². The summed E-state index contributed by atoms with van der Waals surface area (Å²) in [6, 6.07) is 8.12. The van der Waals surface area contributed by atoms with E-state index in [0.717, 1.165) is 11.5 Å². The molecule has 0 N–H and O–H groups in total. The van der Waals surface area contributed by atoms with Gasteiger partial charge in [0.1, 0.15) is 0 Å². The van der Waals surface area contributed by atoms with E-state index in [9.17, 15) is 0 Å². The summed E-state index contributed by atoms with van der Waals surface area (Å²) < 4.78 is 5.59. The second-order valence-electron chi connectivity index (χ2n) is 3.78. The SMILES string of the molecule is CCCCCCOCc1cccc(S)c1. The molecule has 0 spiro atoms. The minimum Gasteiger partial charge on any atom is -0.377 e. The smallest absolute Gasteiger partial charge is 0.0717 e. The van der Waals surface area contributed by atoms with E-state index in [1.54, 1.807) is 0 Å². The van der Waals surface area contributed by atoms with Crippen LogP contribution in [0.25, 0.3) is 0 Å². The lowest BCUT2D eigenvalue weighted by molar-refractivity contribution is 0.116. The summed E-state index contributed by atoms with van der Waals surface area (Å²) >= 11 is 4.29. The molecule has 84 valence electrons. The number of unbranched alkanes of at least 4 members (excludes halogenated alkanes) is 3. The van der Waals surface area contributed by atoms with Gasteiger partial charge in [0.15, 0.2) is 0 Å². The quantitative estimate of drug-likeness (QED) is 0.542. The Morgan fingerprint density at radius 1 is 1.20 bits per heavy atom. The predicted octanol–water partition coefficient (Wildman–Crippen LogP) is 4.07. The Balaban J connectivity index is 2.10. The zero-order valence-electron chi connectivity index (χ0n) is 9.41. The average Bonchev–Trinajstić information content (AvgIpc) is 2.23. The van der Waals surface area contributed by atoms with Gasteiger partial charge in [-0.15, -0.1) is 12.6 Å². The van der Waals surface area contributed by atoms with Crippen LogP contribution in [0.2, 0.25) is 0 Å². The molecule has 0 aromatic heterocycles. The van der Waals surface area contributed by atoms with Crippen LogP contribution in [0.1, 0.15) is 38.2 Å². The van der Waals surface area contributed by atoms with E-state index >= 15 is 0 Å². The van der Waals surface area contributed by atoms with Gasteiger partial charge in [-0.1, -0.05) is 38.3 Å². The molecule has 0 bridgehead atoms. The van der Waals surface area contributed by atoms with Crippen molar-refractivity contribution >= 4 is 12.6 Å². The van der Waals surface area contributed by atoms with Crippen molar-refractivity contribution in [2.24, 2.45) is 0 Å². The molecule has 0 heterocycles. The Kier molecular flexibility index (Phi) is 6.53. The molecule has 1 aromatic carbocycles. The molecule has 0 radical (unpaired) electrons. The van der Waals surface area contributed by atoms with Gasteiger partial charge in [-0.05, 0) is 24.1 Å². The van der Waals surface area contributed by atoms with E-state index in [-0.39, 0.29) is 0 Å². The van der Waals surface area contributed by atoms with Crippen LogP contribution in [0.15, 0.2) is 29.2 Å². The molecule has 0 aliphatic carbocycles. The lowest BCUT2D eigenvalue weighted by atomic mass is 10.2. The molecular formula is C13H20OS. The van der Waals surface area contributed by atoms with E-state index in [1.165, 1.54) is 31.2 Å². The monoisotopic (exact) mass is 224 g/mol. The predicted molar refractivity (Wildman–Crippen MR) is 67.5 cm³/mol. The second-order valence-corrected chi connectivity index (χ2v) is 4.30. The fourth-order valence-electron chi connectivity index (χ4n) is 1.47. The zero-order chi connectivity index (χ0) is 10.9. The average molecular weight is 224 g/mol. The van der Waals surface area contributed by atoms with Gasteiger partial charge in [0.2, 0.25) is 0 Å². The molecule has 1 aromatic rings. The van der Waals surface area contributed by atoms with Crippen molar-refractivity contribution in [3.8, 4) is 0 Å². The second kappa shape index (κ2) is 7.77. The lowest BCUT2D eigenvalue weighted by Crippen LogP contribution is -1.95. The molecular weight excluding hydrogens is 204 g/mol. The highest BCUT2D eigenvalue weighted by molar-refractivity contribution is 7.80. The molecule has 0 saturated carbocycles. The molecule has 0 atom stereocenters. The van der Waals surface area contributed by atoms with Crippen molar-refractivity contribution in [2.45, 2.75) is 44.1 Å². The fraction of sp³-hybridized carbons (Fsp3) is 0.538. The fourth-order valence-corrected chi connectivity index (χ4v) is 1.72. The van der Waals surface area contributed by atoms with Gasteiger partial charge in [-0.25, -0.2) is 0 Å². The minimum absolute atomic E-state index is 0.709. The molecule has 2 heteroatoms. The number of hydrogen-bond acceptors (Lipinski definition) is 2. The maximum absolute atomic E-state index is 5.59. The highest BCUT2D eigenvalue weighted by Crippen LogP contribution is 2.10. The van der Waals surface area contributed by atoms with Gasteiger partial charge in [-0.2, -0.15) is 0 Å². The van der Waals surface area contributed by atoms with Crippen LogP contribution in [-0.4, -0.2) is 6.61 Å². The first-order valence-electron chi connectivity index (χ1n) is 5.68. The highest BCUT2D eigenvalue weighted by Gasteiger charge is 1.94. The highest BCUT2D eigenvalue weighted by atomic mass is 32.1. The lowest BCUT2D eigenvalue weighted by Gasteiger charge is -2.04. The normalized spacial score (nSPS) is 10.5. The summed E-state index contributed by atoms with van der Waals surface area (Å²) in [4.78, 5) is 1.00. The standard InChI is InChI=1S/C13H20OS/c1-2-3-4-5-9-14-11-12-7-6-8-13(15)10-12/h6-8,10,15H,2-5,9,11H2,1H3. The van der Waals surface area contributed by atoms with Crippen LogP contribution < -0.4 is 0 Å². The van der Waals surface area contributed by atoms with Crippen LogP contribution >= 0.6 is 12.6 Å². The molecule has 0 aliphatic rings. The van der Waals surface area contributed by atoms with Crippen LogP contribution in [0.5, 0.6) is 0 Å². The third-order valence-electron chi connectivity index (χ3n) is 2.32. The maximum atomic E-state index is 5.59. The third-order valence-corrected chi connectivity index (χ3v) is 2.60. The number of ether oxygens (including phenoxy) is 1. The summed E-state index contributed by atoms with van der Waals surface area (Å²) in [5.41, 5.74) is 1.21. The van der Waals surface area contributed by atoms with Crippen molar-refractivity contribution in [1.82, 2.24) is 0 Å². The van der Waals surface area contributed by atoms with Crippen LogP contribution in [0.3, 0.4) is 0 Å². The summed E-state index contributed by atoms with van der Waals surface area (Å²) in [7, 11) is 0. The Morgan fingerprint density at radius 3 is 2.80 bits per heavy atom. The molecule has 0 fully saturated rings. The molecule has 15 heavy (non-hydrogen) atoms. The summed E-state index contributed by atoms with van der Waals surface area (Å²) in [6.45, 7) is 3.80. The van der Waals surface area contributed by atoms with E-state index < -0.39 is 0 Å². The van der Waals surface area contributed by atoms with E-state index in [0.29, 0.717) is 6.61 Å². The van der Waals surface area contributed by atoms with E-state index in [4.69, 9.17) is 4.74 Å². The minimum atomic E-state index is 0.709. The molecule has 0 unspecified atom stereocenters. The van der Waals surface area contributed by atoms with Crippen molar-refractivity contribution in [3.63, 3.8) is 0 Å². The van der Waals surface area contributed by atoms with Crippen molar-refractivity contribution in [3.05, 3.63) is 29.8 Å². The van der Waals surface area contributed by atoms with Crippen molar-refractivity contribution in [1.29, 1.82) is 0 Å². The van der Waals surface area contributed by atoms with Gasteiger partial charge in [0.05, 0.1) is 6.61 Å². The van der Waals surface area contributed by atoms with Crippen molar-refractivity contribution in [2.75, 3.05) is 6.61 Å². The van der Waals surface area contributed by atoms with Crippen LogP contribution in [0.4, 0.5) is 0 Å². The van der Waals surface area contributed by atoms with Gasteiger partial charge in [0.25, 0.3) is 0 Å². The number of hydrogen-bond donors (Lipinski definition) is 1. The van der Waals surface area contributed by atoms with Gasteiger partial charge in [0, 0.05) is 11.5 Å². The van der Waals surface area contributed by atoms with Gasteiger partial charge < -0.3 is 4.74 Å². The first-order valence-corrected chi connectivity index (χ1v) is 6.13. The number of rotatable bonds is 7. The first-order chi connectivity index (χ1) is 7.33. The zero-order valence-corrected chi connectivity index (χ0v) is 10.3. The van der Waals surface area contributed by atoms with E-state index in [1.807, 2.05) is 12.1 Å². The maximum Gasteiger partial charge on any atom is 0.0717 e. The van der Waals surface area contributed by atoms with E-state index in [2.05, 4.69) is 31.7 Å². The Morgan fingerprint density at radius 2 is 2.07 bits per heavy atom. The van der Waals surface area contributed by atoms with Gasteiger partial charge in [-0.3, -0.25) is 0 Å². The molecule has 0 aliphatic heterocycles. The number of benzene rings is 1. The topological polar surface area (TPSA) is 9.23 Å². The molecule has 0 amide bonds. The third kappa shape index (κ3) is 5.85. The van der Waals surface area contributed by atoms with Crippen molar-refractivity contribution < 1.29 is 4.74 Å².